The second kappa shape index (κ2) is 5.56. The van der Waals surface area contributed by atoms with Crippen molar-refractivity contribution in [3.05, 3.63) is 0 Å². The van der Waals surface area contributed by atoms with Crippen LogP contribution in [0.1, 0.15) is 84.5 Å². The van der Waals surface area contributed by atoms with Gasteiger partial charge in [-0.15, -0.1) is 0 Å². The van der Waals surface area contributed by atoms with E-state index in [9.17, 15) is 0 Å². The Kier molecular flexibility index (Phi) is 4.33. The van der Waals surface area contributed by atoms with E-state index in [0.717, 1.165) is 17.3 Å². The number of unbranched alkanes of at least 4 members (excludes halogenated alkanes) is 3. The molecule has 0 N–H and O–H groups in total. The van der Waals surface area contributed by atoms with Gasteiger partial charge in [-0.3, -0.25) is 0 Å². The Labute approximate surface area is 102 Å². The Morgan fingerprint density at radius 2 is 1.81 bits per heavy atom. The Balaban J connectivity index is 1.68. The Morgan fingerprint density at radius 3 is 2.44 bits per heavy atom. The number of rotatable bonds is 6. The highest BCUT2D eigenvalue weighted by molar-refractivity contribution is 4.90. The normalized spacial score (nSPS) is 35.2. The maximum Gasteiger partial charge on any atom is -0.0323 e. The van der Waals surface area contributed by atoms with Crippen LogP contribution in [0, 0.1) is 17.3 Å². The summed E-state index contributed by atoms with van der Waals surface area (Å²) in [4.78, 5) is 0. The monoisotopic (exact) mass is 222 g/mol. The maximum atomic E-state index is 2.57. The lowest BCUT2D eigenvalue weighted by Crippen LogP contribution is -2.21. The molecule has 0 radical (unpaired) electrons. The molecule has 0 heteroatoms. The van der Waals surface area contributed by atoms with Gasteiger partial charge in [0.05, 0.1) is 0 Å². The van der Waals surface area contributed by atoms with Gasteiger partial charge in [-0.25, -0.2) is 0 Å². The first-order valence-electron chi connectivity index (χ1n) is 7.73. The predicted molar refractivity (Wildman–Crippen MR) is 71.5 cm³/mol. The Bertz CT molecular complexity index is 204. The van der Waals surface area contributed by atoms with E-state index in [1.807, 2.05) is 0 Å². The van der Waals surface area contributed by atoms with Crippen LogP contribution in [-0.4, -0.2) is 0 Å². The molecular weight excluding hydrogens is 192 g/mol. The minimum Gasteiger partial charge on any atom is -0.0654 e. The van der Waals surface area contributed by atoms with Crippen molar-refractivity contribution in [2.24, 2.45) is 17.3 Å². The maximum absolute atomic E-state index is 2.57. The molecular formula is C16H30. The average molecular weight is 222 g/mol. The Hall–Kier alpha value is 0. The van der Waals surface area contributed by atoms with Crippen LogP contribution < -0.4 is 0 Å². The van der Waals surface area contributed by atoms with Crippen LogP contribution in [0.2, 0.25) is 0 Å². The van der Waals surface area contributed by atoms with Crippen LogP contribution in [0.15, 0.2) is 0 Å². The fourth-order valence-corrected chi connectivity index (χ4v) is 3.89. The lowest BCUT2D eigenvalue weighted by Gasteiger charge is -2.33. The van der Waals surface area contributed by atoms with E-state index in [1.54, 1.807) is 25.7 Å². The molecule has 0 aromatic carbocycles. The largest absolute Gasteiger partial charge is 0.0654 e. The highest BCUT2D eigenvalue weighted by Gasteiger charge is 2.39. The van der Waals surface area contributed by atoms with E-state index < -0.39 is 0 Å². The van der Waals surface area contributed by atoms with Gasteiger partial charge < -0.3 is 0 Å². The standard InChI is InChI=1S/C16H30/c1-3-4-5-6-11-16(2)12-10-15(13-16)14-8-7-9-14/h14-15H,3-13H2,1-2H3/t15?,16-/m1/s1. The predicted octanol–water partition coefficient (Wildman–Crippen LogP) is 5.56. The molecule has 0 heterocycles. The fourth-order valence-electron chi connectivity index (χ4n) is 3.89. The molecule has 2 saturated carbocycles. The van der Waals surface area contributed by atoms with Crippen LogP contribution >= 0.6 is 0 Å². The summed E-state index contributed by atoms with van der Waals surface area (Å²) < 4.78 is 0. The van der Waals surface area contributed by atoms with Gasteiger partial charge in [0.25, 0.3) is 0 Å². The van der Waals surface area contributed by atoms with E-state index in [-0.39, 0.29) is 0 Å². The first-order chi connectivity index (χ1) is 7.73. The topological polar surface area (TPSA) is 0 Å². The van der Waals surface area contributed by atoms with Crippen molar-refractivity contribution in [3.8, 4) is 0 Å². The summed E-state index contributed by atoms with van der Waals surface area (Å²) in [5.74, 6) is 2.25. The second-order valence-electron chi connectivity index (χ2n) is 6.82. The van der Waals surface area contributed by atoms with E-state index in [1.165, 1.54) is 44.9 Å². The summed E-state index contributed by atoms with van der Waals surface area (Å²) in [5.41, 5.74) is 0.730. The molecule has 94 valence electrons. The van der Waals surface area contributed by atoms with Crippen molar-refractivity contribution < 1.29 is 0 Å². The smallest absolute Gasteiger partial charge is 0.0323 e. The van der Waals surface area contributed by atoms with Crippen LogP contribution in [0.3, 0.4) is 0 Å². The molecule has 2 aliphatic rings. The first-order valence-corrected chi connectivity index (χ1v) is 7.73. The van der Waals surface area contributed by atoms with Gasteiger partial charge >= 0.3 is 0 Å². The summed E-state index contributed by atoms with van der Waals surface area (Å²) in [6.07, 6.45) is 16.6. The molecule has 16 heavy (non-hydrogen) atoms. The van der Waals surface area contributed by atoms with E-state index in [2.05, 4.69) is 13.8 Å². The minimum atomic E-state index is 0.730. The third-order valence-corrected chi connectivity index (χ3v) is 5.32. The molecule has 0 saturated heterocycles. The van der Waals surface area contributed by atoms with Crippen LogP contribution in [-0.2, 0) is 0 Å². The van der Waals surface area contributed by atoms with Crippen molar-refractivity contribution in [3.63, 3.8) is 0 Å². The third kappa shape index (κ3) is 3.02. The molecule has 0 aliphatic heterocycles. The van der Waals surface area contributed by atoms with Gasteiger partial charge in [-0.05, 0) is 42.9 Å². The van der Waals surface area contributed by atoms with Gasteiger partial charge in [0, 0.05) is 0 Å². The third-order valence-electron chi connectivity index (χ3n) is 5.32. The minimum absolute atomic E-state index is 0.730. The van der Waals surface area contributed by atoms with Crippen molar-refractivity contribution in [1.29, 1.82) is 0 Å². The molecule has 0 amide bonds. The van der Waals surface area contributed by atoms with Crippen LogP contribution in [0.4, 0.5) is 0 Å². The molecule has 1 unspecified atom stereocenters. The van der Waals surface area contributed by atoms with Crippen molar-refractivity contribution in [2.75, 3.05) is 0 Å². The Morgan fingerprint density at radius 1 is 1.00 bits per heavy atom. The first kappa shape index (κ1) is 12.5. The quantitative estimate of drug-likeness (QED) is 0.516. The molecule has 0 aromatic heterocycles. The molecule has 0 bridgehead atoms. The highest BCUT2D eigenvalue weighted by Crippen LogP contribution is 2.51. The molecule has 0 nitrogen and oxygen atoms in total. The number of hydrogen-bond acceptors (Lipinski definition) is 0. The van der Waals surface area contributed by atoms with Gasteiger partial charge in [0.2, 0.25) is 0 Å². The summed E-state index contributed by atoms with van der Waals surface area (Å²) in [5, 5.41) is 0. The fraction of sp³-hybridized carbons (Fsp3) is 1.00. The average Bonchev–Trinajstić information content (AvgIpc) is 2.54. The summed E-state index contributed by atoms with van der Waals surface area (Å²) in [7, 11) is 0. The number of hydrogen-bond donors (Lipinski definition) is 0. The van der Waals surface area contributed by atoms with Crippen molar-refractivity contribution in [1.82, 2.24) is 0 Å². The summed E-state index contributed by atoms with van der Waals surface area (Å²) >= 11 is 0. The van der Waals surface area contributed by atoms with Gasteiger partial charge in [-0.2, -0.15) is 0 Å². The lowest BCUT2D eigenvalue weighted by atomic mass is 9.73. The lowest BCUT2D eigenvalue weighted by molar-refractivity contribution is 0.186. The molecule has 2 rings (SSSR count). The summed E-state index contributed by atoms with van der Waals surface area (Å²) in [6, 6.07) is 0. The molecule has 2 aliphatic carbocycles. The molecule has 2 atom stereocenters. The molecule has 0 spiro atoms. The second-order valence-corrected chi connectivity index (χ2v) is 6.82. The van der Waals surface area contributed by atoms with E-state index in [0.29, 0.717) is 0 Å². The van der Waals surface area contributed by atoms with Crippen LogP contribution in [0.5, 0.6) is 0 Å². The molecule has 2 fully saturated rings. The van der Waals surface area contributed by atoms with Gasteiger partial charge in [0.15, 0.2) is 0 Å². The van der Waals surface area contributed by atoms with Gasteiger partial charge in [-0.1, -0.05) is 58.8 Å². The molecule has 0 aromatic rings. The van der Waals surface area contributed by atoms with E-state index >= 15 is 0 Å². The zero-order chi connectivity index (χ0) is 11.4. The zero-order valence-corrected chi connectivity index (χ0v) is 11.4. The SMILES string of the molecule is CCCCCC[C@]1(C)CCC(C2CCC2)C1. The summed E-state index contributed by atoms with van der Waals surface area (Å²) in [6.45, 7) is 4.88. The van der Waals surface area contributed by atoms with E-state index in [4.69, 9.17) is 0 Å². The van der Waals surface area contributed by atoms with Crippen molar-refractivity contribution in [2.45, 2.75) is 84.5 Å². The highest BCUT2D eigenvalue weighted by atomic mass is 14.4. The van der Waals surface area contributed by atoms with Crippen LogP contribution in [0.25, 0.3) is 0 Å². The van der Waals surface area contributed by atoms with Crippen molar-refractivity contribution >= 4 is 0 Å². The zero-order valence-electron chi connectivity index (χ0n) is 11.4. The van der Waals surface area contributed by atoms with Gasteiger partial charge in [0.1, 0.15) is 0 Å².